The molecule has 0 aromatic rings. The van der Waals surface area contributed by atoms with Crippen molar-refractivity contribution in [2.45, 2.75) is 424 Å². The maximum absolute atomic E-state index is 12.5. The van der Waals surface area contributed by atoms with E-state index in [4.69, 9.17) is 4.74 Å². The zero-order valence-corrected chi connectivity index (χ0v) is 53.2. The maximum Gasteiger partial charge on any atom is 0.305 e. The lowest BCUT2D eigenvalue weighted by Crippen LogP contribution is -2.45. The molecule has 0 saturated carbocycles. The lowest BCUT2D eigenvalue weighted by Gasteiger charge is -2.22. The van der Waals surface area contributed by atoms with Gasteiger partial charge in [-0.1, -0.05) is 360 Å². The van der Waals surface area contributed by atoms with Crippen LogP contribution in [0, 0.1) is 0 Å². The molecule has 78 heavy (non-hydrogen) atoms. The summed E-state index contributed by atoms with van der Waals surface area (Å²) in [7, 11) is 0. The Morgan fingerprint density at radius 1 is 0.346 bits per heavy atom. The molecular weight excluding hydrogens is 959 g/mol. The molecule has 0 bridgehead atoms. The van der Waals surface area contributed by atoms with Crippen molar-refractivity contribution in [3.05, 3.63) is 12.2 Å². The van der Waals surface area contributed by atoms with Gasteiger partial charge < -0.3 is 20.3 Å². The van der Waals surface area contributed by atoms with Gasteiger partial charge in [0, 0.05) is 12.8 Å². The van der Waals surface area contributed by atoms with E-state index in [0.29, 0.717) is 25.9 Å². The molecule has 0 spiro atoms. The Morgan fingerprint density at radius 2 is 0.603 bits per heavy atom. The Bertz CT molecular complexity index is 1180. The van der Waals surface area contributed by atoms with Gasteiger partial charge in [0.1, 0.15) is 0 Å². The van der Waals surface area contributed by atoms with Gasteiger partial charge in [0.15, 0.2) is 0 Å². The van der Waals surface area contributed by atoms with Crippen LogP contribution < -0.4 is 5.32 Å². The third-order valence-corrected chi connectivity index (χ3v) is 17.1. The molecular formula is C72H141NO5. The molecule has 3 N–H and O–H groups in total. The highest BCUT2D eigenvalue weighted by atomic mass is 16.5. The molecule has 0 rings (SSSR count). The van der Waals surface area contributed by atoms with E-state index in [0.717, 1.165) is 44.9 Å². The van der Waals surface area contributed by atoms with Crippen molar-refractivity contribution in [3.63, 3.8) is 0 Å². The van der Waals surface area contributed by atoms with Crippen molar-refractivity contribution >= 4 is 11.9 Å². The summed E-state index contributed by atoms with van der Waals surface area (Å²) in [5.41, 5.74) is 0. The van der Waals surface area contributed by atoms with Crippen LogP contribution >= 0.6 is 0 Å². The predicted molar refractivity (Wildman–Crippen MR) is 343 cm³/mol. The van der Waals surface area contributed by atoms with E-state index in [9.17, 15) is 19.8 Å². The second-order valence-corrected chi connectivity index (χ2v) is 24.9. The molecule has 0 aliphatic heterocycles. The zero-order chi connectivity index (χ0) is 56.4. The third kappa shape index (κ3) is 63.8. The Labute approximate surface area is 489 Å². The highest BCUT2D eigenvalue weighted by Crippen LogP contribution is 2.19. The second-order valence-electron chi connectivity index (χ2n) is 24.9. The van der Waals surface area contributed by atoms with Crippen LogP contribution in [0.3, 0.4) is 0 Å². The third-order valence-electron chi connectivity index (χ3n) is 17.1. The number of nitrogens with one attached hydrogen (secondary N) is 1. The first-order valence-corrected chi connectivity index (χ1v) is 35.9. The largest absolute Gasteiger partial charge is 0.466 e. The maximum atomic E-state index is 12.5. The standard InChI is InChI=1S/C72H141NO5/c1-3-5-7-9-11-13-15-17-19-34-38-42-46-50-54-58-62-66-72(77)78-67-63-59-55-51-47-43-39-36-33-31-29-27-25-23-21-20-22-24-26-28-30-32-35-37-41-45-49-53-57-61-65-71(76)73-69(68-74)70(75)64-60-56-52-48-44-40-18-16-14-12-10-8-6-4-2/h17,19,69-70,74-75H,3-16,18,20-68H2,1-2H3,(H,73,76)/b19-17-. The Kier molecular flexibility index (Phi) is 66.9. The van der Waals surface area contributed by atoms with Crippen LogP contribution in [0.2, 0.25) is 0 Å². The fraction of sp³-hybridized carbons (Fsp3) is 0.944. The van der Waals surface area contributed by atoms with E-state index in [1.54, 1.807) is 0 Å². The summed E-state index contributed by atoms with van der Waals surface area (Å²) in [6.45, 7) is 4.99. The van der Waals surface area contributed by atoms with E-state index in [-0.39, 0.29) is 18.5 Å². The molecule has 0 fully saturated rings. The molecule has 464 valence electrons. The van der Waals surface area contributed by atoms with Crippen LogP contribution in [0.4, 0.5) is 0 Å². The summed E-state index contributed by atoms with van der Waals surface area (Å²) in [4.78, 5) is 24.6. The number of aliphatic hydroxyl groups is 2. The number of unbranched alkanes of at least 4 members (excludes halogenated alkanes) is 55. The molecule has 2 unspecified atom stereocenters. The fourth-order valence-corrected chi connectivity index (χ4v) is 11.6. The first-order chi connectivity index (χ1) is 38.5. The average Bonchev–Trinajstić information content (AvgIpc) is 3.44. The van der Waals surface area contributed by atoms with Gasteiger partial charge in [-0.25, -0.2) is 0 Å². The quantitative estimate of drug-likeness (QED) is 0.0320. The molecule has 0 aliphatic rings. The highest BCUT2D eigenvalue weighted by Gasteiger charge is 2.20. The number of hydrogen-bond acceptors (Lipinski definition) is 5. The Hall–Kier alpha value is -1.40. The van der Waals surface area contributed by atoms with Crippen LogP contribution in [-0.4, -0.2) is 47.4 Å². The summed E-state index contributed by atoms with van der Waals surface area (Å²) in [5.74, 6) is -0.0103. The summed E-state index contributed by atoms with van der Waals surface area (Å²) < 4.78 is 5.51. The first kappa shape index (κ1) is 76.6. The normalized spacial score (nSPS) is 12.5. The molecule has 0 aromatic carbocycles. The minimum atomic E-state index is -0.660. The molecule has 0 heterocycles. The van der Waals surface area contributed by atoms with Crippen LogP contribution in [0.15, 0.2) is 12.2 Å². The van der Waals surface area contributed by atoms with Crippen molar-refractivity contribution in [2.24, 2.45) is 0 Å². The van der Waals surface area contributed by atoms with Crippen LogP contribution in [0.1, 0.15) is 412 Å². The number of carbonyl (C=O) groups excluding carboxylic acids is 2. The van der Waals surface area contributed by atoms with E-state index < -0.39 is 12.1 Å². The van der Waals surface area contributed by atoms with Crippen molar-refractivity contribution in [2.75, 3.05) is 13.2 Å². The van der Waals surface area contributed by atoms with Crippen LogP contribution in [0.5, 0.6) is 0 Å². The first-order valence-electron chi connectivity index (χ1n) is 35.9. The van der Waals surface area contributed by atoms with Crippen molar-refractivity contribution < 1.29 is 24.5 Å². The average molecular weight is 1100 g/mol. The number of carbonyl (C=O) groups is 2. The van der Waals surface area contributed by atoms with Crippen molar-refractivity contribution in [1.29, 1.82) is 0 Å². The number of rotatable bonds is 68. The SMILES string of the molecule is CCCCCCCC/C=C\CCCCCCCCCC(=O)OCCCCCCCCCCCCCCCCCCCCCCCCCCCCCCCCC(=O)NC(CO)C(O)CCCCCCCCCCCCCCCC. The molecule has 6 nitrogen and oxygen atoms in total. The lowest BCUT2D eigenvalue weighted by molar-refractivity contribution is -0.143. The van der Waals surface area contributed by atoms with Crippen LogP contribution in [0.25, 0.3) is 0 Å². The predicted octanol–water partition coefficient (Wildman–Crippen LogP) is 23.1. The highest BCUT2D eigenvalue weighted by molar-refractivity contribution is 5.76. The monoisotopic (exact) mass is 1100 g/mol. The molecule has 1 amide bonds. The number of ether oxygens (including phenoxy) is 1. The smallest absolute Gasteiger partial charge is 0.305 e. The lowest BCUT2D eigenvalue weighted by atomic mass is 10.0. The number of amides is 1. The summed E-state index contributed by atoms with van der Waals surface area (Å²) in [6.07, 6.45) is 84.1. The van der Waals surface area contributed by atoms with Crippen molar-refractivity contribution in [1.82, 2.24) is 5.32 Å². The Morgan fingerprint density at radius 3 is 0.910 bits per heavy atom. The second kappa shape index (κ2) is 68.1. The van der Waals surface area contributed by atoms with Crippen molar-refractivity contribution in [3.8, 4) is 0 Å². The van der Waals surface area contributed by atoms with E-state index >= 15 is 0 Å². The Balaban J connectivity index is 3.31. The molecule has 0 saturated heterocycles. The molecule has 0 radical (unpaired) electrons. The van der Waals surface area contributed by atoms with Crippen LogP contribution in [-0.2, 0) is 14.3 Å². The number of hydrogen-bond donors (Lipinski definition) is 3. The molecule has 0 aromatic heterocycles. The fourth-order valence-electron chi connectivity index (χ4n) is 11.6. The van der Waals surface area contributed by atoms with Gasteiger partial charge in [-0.3, -0.25) is 9.59 Å². The summed E-state index contributed by atoms with van der Waals surface area (Å²) >= 11 is 0. The molecule has 2 atom stereocenters. The van der Waals surface area contributed by atoms with Gasteiger partial charge in [0.25, 0.3) is 0 Å². The number of allylic oxidation sites excluding steroid dienone is 2. The topological polar surface area (TPSA) is 95.9 Å². The van der Waals surface area contributed by atoms with E-state index in [1.165, 1.54) is 334 Å². The number of esters is 1. The zero-order valence-electron chi connectivity index (χ0n) is 53.2. The number of aliphatic hydroxyl groups excluding tert-OH is 2. The minimum Gasteiger partial charge on any atom is -0.466 e. The summed E-state index contributed by atoms with van der Waals surface area (Å²) in [5, 5.41) is 23.3. The van der Waals surface area contributed by atoms with Gasteiger partial charge in [-0.15, -0.1) is 0 Å². The van der Waals surface area contributed by atoms with Gasteiger partial charge in [-0.05, 0) is 51.4 Å². The van der Waals surface area contributed by atoms with E-state index in [2.05, 4.69) is 31.3 Å². The molecule has 6 heteroatoms. The van der Waals surface area contributed by atoms with Gasteiger partial charge in [0.05, 0.1) is 25.4 Å². The van der Waals surface area contributed by atoms with Gasteiger partial charge in [-0.2, -0.15) is 0 Å². The van der Waals surface area contributed by atoms with E-state index in [1.807, 2.05) is 0 Å². The van der Waals surface area contributed by atoms with Gasteiger partial charge >= 0.3 is 5.97 Å². The minimum absolute atomic E-state index is 0.0177. The van der Waals surface area contributed by atoms with Gasteiger partial charge in [0.2, 0.25) is 5.91 Å². The summed E-state index contributed by atoms with van der Waals surface area (Å²) in [6, 6.07) is -0.537. The molecule has 0 aliphatic carbocycles.